The molecule has 2 aromatic carbocycles. The van der Waals surface area contributed by atoms with E-state index in [0.29, 0.717) is 11.3 Å². The molecule has 4 rings (SSSR count). The second kappa shape index (κ2) is 5.96. The van der Waals surface area contributed by atoms with Crippen molar-refractivity contribution in [2.75, 3.05) is 5.32 Å². The summed E-state index contributed by atoms with van der Waals surface area (Å²) in [6.07, 6.45) is 4.00. The van der Waals surface area contributed by atoms with Gasteiger partial charge in [0.2, 0.25) is 0 Å². The van der Waals surface area contributed by atoms with Crippen molar-refractivity contribution in [3.8, 4) is 0 Å². The molecule has 24 heavy (non-hydrogen) atoms. The van der Waals surface area contributed by atoms with Crippen molar-refractivity contribution < 1.29 is 4.79 Å². The average molecular weight is 318 g/mol. The molecule has 2 N–H and O–H groups in total. The van der Waals surface area contributed by atoms with Crippen molar-refractivity contribution in [3.63, 3.8) is 0 Å². The number of aryl methyl sites for hydroxylation is 1. The number of hydrogen-bond acceptors (Lipinski definition) is 2. The van der Waals surface area contributed by atoms with Crippen LogP contribution < -0.4 is 10.9 Å². The van der Waals surface area contributed by atoms with Gasteiger partial charge in [-0.05, 0) is 55.5 Å². The molecular formula is C20H18N2O2. The summed E-state index contributed by atoms with van der Waals surface area (Å²) in [5, 5.41) is 3.97. The molecule has 0 radical (unpaired) electrons. The summed E-state index contributed by atoms with van der Waals surface area (Å²) in [4.78, 5) is 27.5. The van der Waals surface area contributed by atoms with Gasteiger partial charge >= 0.3 is 0 Å². The van der Waals surface area contributed by atoms with E-state index >= 15 is 0 Å². The largest absolute Gasteiger partial charge is 0.322 e. The van der Waals surface area contributed by atoms with Crippen LogP contribution in [0.2, 0.25) is 0 Å². The summed E-state index contributed by atoms with van der Waals surface area (Å²) >= 11 is 0. The highest BCUT2D eigenvalue weighted by Crippen LogP contribution is 2.27. The van der Waals surface area contributed by atoms with Crippen LogP contribution in [0, 0.1) is 0 Å². The summed E-state index contributed by atoms with van der Waals surface area (Å²) in [5.74, 6) is -0.157. The number of aromatic nitrogens is 1. The number of benzene rings is 2. The number of amides is 1. The standard InChI is InChI=1S/C20H18N2O2/c23-19(13-6-2-1-3-7-13)21-14-10-11-16-15-8-4-5-9-17(15)20(24)22-18(16)12-14/h1-3,6-7,10-12H,4-5,8-9H2,(H,21,23)(H,22,24). The first kappa shape index (κ1) is 14.7. The van der Waals surface area contributed by atoms with Crippen LogP contribution >= 0.6 is 0 Å². The lowest BCUT2D eigenvalue weighted by Crippen LogP contribution is -2.19. The second-order valence-corrected chi connectivity index (χ2v) is 6.20. The van der Waals surface area contributed by atoms with Crippen molar-refractivity contribution in [3.05, 3.63) is 75.6 Å². The molecule has 0 atom stereocenters. The van der Waals surface area contributed by atoms with Crippen LogP contribution in [0.25, 0.3) is 10.9 Å². The van der Waals surface area contributed by atoms with E-state index in [1.807, 2.05) is 36.4 Å². The van der Waals surface area contributed by atoms with Gasteiger partial charge in [-0.15, -0.1) is 0 Å². The summed E-state index contributed by atoms with van der Waals surface area (Å²) in [7, 11) is 0. The molecule has 0 bridgehead atoms. The Hall–Kier alpha value is -2.88. The van der Waals surface area contributed by atoms with Crippen LogP contribution in [0.4, 0.5) is 5.69 Å². The van der Waals surface area contributed by atoms with E-state index in [9.17, 15) is 9.59 Å². The van der Waals surface area contributed by atoms with Gasteiger partial charge in [-0.25, -0.2) is 0 Å². The number of nitrogens with one attached hydrogen (secondary N) is 2. The highest BCUT2D eigenvalue weighted by Gasteiger charge is 2.16. The minimum Gasteiger partial charge on any atom is -0.322 e. The first-order valence-corrected chi connectivity index (χ1v) is 8.26. The lowest BCUT2D eigenvalue weighted by molar-refractivity contribution is 0.102. The van der Waals surface area contributed by atoms with Crippen molar-refractivity contribution >= 4 is 22.5 Å². The number of rotatable bonds is 2. The van der Waals surface area contributed by atoms with Crippen LogP contribution in [0.5, 0.6) is 0 Å². The fourth-order valence-corrected chi connectivity index (χ4v) is 3.43. The van der Waals surface area contributed by atoms with Crippen molar-refractivity contribution in [1.82, 2.24) is 4.98 Å². The number of carbonyl (C=O) groups excluding carboxylic acids is 1. The molecule has 1 aromatic heterocycles. The number of hydrogen-bond donors (Lipinski definition) is 2. The van der Waals surface area contributed by atoms with E-state index in [1.165, 1.54) is 5.56 Å². The number of anilines is 1. The average Bonchev–Trinajstić information content (AvgIpc) is 2.62. The van der Waals surface area contributed by atoms with Gasteiger partial charge in [0.1, 0.15) is 0 Å². The topological polar surface area (TPSA) is 62.0 Å². The van der Waals surface area contributed by atoms with Crippen molar-refractivity contribution in [2.24, 2.45) is 0 Å². The highest BCUT2D eigenvalue weighted by molar-refractivity contribution is 6.05. The van der Waals surface area contributed by atoms with Gasteiger partial charge in [-0.2, -0.15) is 0 Å². The third-order valence-electron chi connectivity index (χ3n) is 4.63. The maximum Gasteiger partial charge on any atom is 0.255 e. The van der Waals surface area contributed by atoms with Crippen molar-refractivity contribution in [1.29, 1.82) is 0 Å². The molecule has 0 saturated heterocycles. The number of pyridine rings is 1. The van der Waals surface area contributed by atoms with Gasteiger partial charge in [0, 0.05) is 22.2 Å². The lowest BCUT2D eigenvalue weighted by Gasteiger charge is -2.17. The zero-order valence-electron chi connectivity index (χ0n) is 13.3. The summed E-state index contributed by atoms with van der Waals surface area (Å²) in [6.45, 7) is 0. The predicted molar refractivity (Wildman–Crippen MR) is 95.6 cm³/mol. The van der Waals surface area contributed by atoms with Crippen LogP contribution in [0.1, 0.15) is 34.3 Å². The minimum atomic E-state index is -0.157. The lowest BCUT2D eigenvalue weighted by atomic mass is 9.90. The Balaban J connectivity index is 1.71. The molecule has 4 nitrogen and oxygen atoms in total. The Kier molecular flexibility index (Phi) is 3.65. The molecule has 0 spiro atoms. The molecule has 0 unspecified atom stereocenters. The first-order valence-electron chi connectivity index (χ1n) is 8.26. The van der Waals surface area contributed by atoms with Crippen LogP contribution in [-0.4, -0.2) is 10.9 Å². The van der Waals surface area contributed by atoms with E-state index < -0.39 is 0 Å². The summed E-state index contributed by atoms with van der Waals surface area (Å²) in [6, 6.07) is 14.8. The molecule has 120 valence electrons. The predicted octanol–water partition coefficient (Wildman–Crippen LogP) is 3.66. The Morgan fingerprint density at radius 3 is 2.50 bits per heavy atom. The van der Waals surface area contributed by atoms with E-state index in [0.717, 1.165) is 42.1 Å². The van der Waals surface area contributed by atoms with Crippen LogP contribution in [0.3, 0.4) is 0 Å². The van der Waals surface area contributed by atoms with Gasteiger partial charge in [-0.1, -0.05) is 24.3 Å². The van der Waals surface area contributed by atoms with Crippen molar-refractivity contribution in [2.45, 2.75) is 25.7 Å². The van der Waals surface area contributed by atoms with Gasteiger partial charge < -0.3 is 10.3 Å². The van der Waals surface area contributed by atoms with E-state index in [-0.39, 0.29) is 11.5 Å². The number of H-pyrrole nitrogens is 1. The van der Waals surface area contributed by atoms with E-state index in [2.05, 4.69) is 10.3 Å². The molecule has 0 aliphatic heterocycles. The van der Waals surface area contributed by atoms with E-state index in [4.69, 9.17) is 0 Å². The Morgan fingerprint density at radius 1 is 0.958 bits per heavy atom. The first-order chi connectivity index (χ1) is 11.7. The van der Waals surface area contributed by atoms with E-state index in [1.54, 1.807) is 12.1 Å². The fraction of sp³-hybridized carbons (Fsp3) is 0.200. The molecular weight excluding hydrogens is 300 g/mol. The number of fused-ring (bicyclic) bond motifs is 3. The smallest absolute Gasteiger partial charge is 0.255 e. The Bertz CT molecular complexity index is 974. The van der Waals surface area contributed by atoms with Gasteiger partial charge in [0.25, 0.3) is 11.5 Å². The normalized spacial score (nSPS) is 13.5. The summed E-state index contributed by atoms with van der Waals surface area (Å²) < 4.78 is 0. The molecule has 0 fully saturated rings. The second-order valence-electron chi connectivity index (χ2n) is 6.20. The SMILES string of the molecule is O=C(Nc1ccc2c3c(c(=O)[nH]c2c1)CCCC3)c1ccccc1. The number of aromatic amines is 1. The molecule has 0 saturated carbocycles. The number of carbonyl (C=O) groups is 1. The fourth-order valence-electron chi connectivity index (χ4n) is 3.43. The van der Waals surface area contributed by atoms with Crippen LogP contribution in [-0.2, 0) is 12.8 Å². The third kappa shape index (κ3) is 2.60. The van der Waals surface area contributed by atoms with Gasteiger partial charge in [0.05, 0.1) is 5.52 Å². The van der Waals surface area contributed by atoms with Gasteiger partial charge in [0.15, 0.2) is 0 Å². The maximum atomic E-state index is 12.3. The maximum absolute atomic E-state index is 12.3. The highest BCUT2D eigenvalue weighted by atomic mass is 16.1. The third-order valence-corrected chi connectivity index (χ3v) is 4.63. The van der Waals surface area contributed by atoms with Crippen LogP contribution in [0.15, 0.2) is 53.3 Å². The quantitative estimate of drug-likeness (QED) is 0.757. The zero-order chi connectivity index (χ0) is 16.5. The monoisotopic (exact) mass is 318 g/mol. The minimum absolute atomic E-state index is 0.00346. The molecule has 1 amide bonds. The molecule has 1 aliphatic rings. The zero-order valence-corrected chi connectivity index (χ0v) is 13.3. The molecule has 4 heteroatoms. The molecule has 3 aromatic rings. The molecule has 1 aliphatic carbocycles. The Morgan fingerprint density at radius 2 is 1.71 bits per heavy atom. The van der Waals surface area contributed by atoms with Gasteiger partial charge in [-0.3, -0.25) is 9.59 Å². The Labute approximate surface area is 139 Å². The summed E-state index contributed by atoms with van der Waals surface area (Å²) in [5.41, 5.74) is 4.17. The molecule has 1 heterocycles.